The molecule has 7 nitrogen and oxygen atoms in total. The van der Waals surface area contributed by atoms with Gasteiger partial charge in [0.25, 0.3) is 5.91 Å². The number of thiazole rings is 1. The maximum atomic E-state index is 12.8. The molecular formula is C17H19N3O4S. The molecule has 0 spiro atoms. The van der Waals surface area contributed by atoms with E-state index in [1.54, 1.807) is 37.3 Å². The Labute approximate surface area is 149 Å². The van der Waals surface area contributed by atoms with Gasteiger partial charge in [-0.05, 0) is 18.2 Å². The van der Waals surface area contributed by atoms with Gasteiger partial charge >= 0.3 is 0 Å². The average Bonchev–Trinajstić information content (AvgIpc) is 3.00. The van der Waals surface area contributed by atoms with E-state index in [1.165, 1.54) is 18.3 Å². The van der Waals surface area contributed by atoms with E-state index in [2.05, 4.69) is 10.3 Å². The predicted octanol–water partition coefficient (Wildman–Crippen LogP) is 2.32. The Balaban J connectivity index is 1.78. The second-order valence-corrected chi connectivity index (χ2v) is 6.70. The number of carbonyl (C=O) groups excluding carboxylic acids is 2. The summed E-state index contributed by atoms with van der Waals surface area (Å²) < 4.78 is 10.5. The van der Waals surface area contributed by atoms with E-state index in [0.717, 1.165) is 10.6 Å². The Kier molecular flexibility index (Phi) is 4.89. The number of nitrogens with zero attached hydrogens (tertiary/aromatic N) is 2. The molecule has 0 fully saturated rings. The Morgan fingerprint density at radius 1 is 1.24 bits per heavy atom. The first-order valence-electron chi connectivity index (χ1n) is 7.79. The lowest BCUT2D eigenvalue weighted by Crippen LogP contribution is -2.35. The number of ether oxygens (including phenoxy) is 2. The summed E-state index contributed by atoms with van der Waals surface area (Å²) in [6.45, 7) is 2.52. The van der Waals surface area contributed by atoms with E-state index < -0.39 is 0 Å². The van der Waals surface area contributed by atoms with E-state index in [4.69, 9.17) is 9.47 Å². The minimum atomic E-state index is -0.149. The molecular weight excluding hydrogens is 342 g/mol. The van der Waals surface area contributed by atoms with Crippen molar-refractivity contribution in [1.82, 2.24) is 9.88 Å². The van der Waals surface area contributed by atoms with Crippen LogP contribution in [0.5, 0.6) is 11.5 Å². The lowest BCUT2D eigenvalue weighted by molar-refractivity contribution is -0.114. The van der Waals surface area contributed by atoms with Gasteiger partial charge in [0.1, 0.15) is 0 Å². The van der Waals surface area contributed by atoms with E-state index >= 15 is 0 Å². The molecule has 1 N–H and O–H groups in total. The summed E-state index contributed by atoms with van der Waals surface area (Å²) in [5, 5.41) is 3.28. The zero-order chi connectivity index (χ0) is 18.0. The summed E-state index contributed by atoms with van der Waals surface area (Å²) in [4.78, 5) is 31.2. The average molecular weight is 361 g/mol. The molecule has 1 aromatic carbocycles. The third kappa shape index (κ3) is 3.58. The summed E-state index contributed by atoms with van der Waals surface area (Å²) in [6, 6.07) is 5.14. The van der Waals surface area contributed by atoms with Crippen LogP contribution in [-0.2, 0) is 17.8 Å². The molecule has 25 heavy (non-hydrogen) atoms. The maximum Gasteiger partial charge on any atom is 0.254 e. The highest BCUT2D eigenvalue weighted by atomic mass is 32.1. The van der Waals surface area contributed by atoms with Gasteiger partial charge in [-0.2, -0.15) is 0 Å². The number of carbonyl (C=O) groups is 2. The van der Waals surface area contributed by atoms with Crippen molar-refractivity contribution in [1.29, 1.82) is 0 Å². The fourth-order valence-corrected chi connectivity index (χ4v) is 3.79. The van der Waals surface area contributed by atoms with Crippen molar-refractivity contribution in [3.05, 3.63) is 34.3 Å². The summed E-state index contributed by atoms with van der Waals surface area (Å²) in [6.07, 6.45) is 0.671. The van der Waals surface area contributed by atoms with E-state index in [-0.39, 0.29) is 11.8 Å². The number of methoxy groups -OCH3 is 2. The quantitative estimate of drug-likeness (QED) is 0.904. The highest BCUT2D eigenvalue weighted by molar-refractivity contribution is 7.15. The molecule has 0 atom stereocenters. The number of aromatic nitrogens is 1. The van der Waals surface area contributed by atoms with Gasteiger partial charge in [-0.3, -0.25) is 9.59 Å². The van der Waals surface area contributed by atoms with Crippen LogP contribution in [0.2, 0.25) is 0 Å². The number of anilines is 1. The van der Waals surface area contributed by atoms with Crippen LogP contribution in [0.15, 0.2) is 18.2 Å². The van der Waals surface area contributed by atoms with Gasteiger partial charge in [-0.1, -0.05) is 11.3 Å². The molecule has 0 aliphatic carbocycles. The maximum absolute atomic E-state index is 12.8. The van der Waals surface area contributed by atoms with Crippen molar-refractivity contribution in [3.63, 3.8) is 0 Å². The Hall–Kier alpha value is -2.61. The molecule has 8 heteroatoms. The molecule has 132 valence electrons. The van der Waals surface area contributed by atoms with Crippen LogP contribution < -0.4 is 14.8 Å². The zero-order valence-corrected chi connectivity index (χ0v) is 15.1. The minimum absolute atomic E-state index is 0.0684. The first-order chi connectivity index (χ1) is 12.0. The number of hydrogen-bond acceptors (Lipinski definition) is 6. The number of amides is 2. The van der Waals surface area contributed by atoms with E-state index in [1.807, 2.05) is 0 Å². The lowest BCUT2D eigenvalue weighted by Gasteiger charge is -2.26. The van der Waals surface area contributed by atoms with Gasteiger partial charge in [0.2, 0.25) is 5.91 Å². The van der Waals surface area contributed by atoms with Gasteiger partial charge in [0.15, 0.2) is 16.6 Å². The lowest BCUT2D eigenvalue weighted by atomic mass is 10.1. The number of fused-ring (bicyclic) bond motifs is 1. The topological polar surface area (TPSA) is 80.8 Å². The number of rotatable bonds is 4. The van der Waals surface area contributed by atoms with Crippen molar-refractivity contribution in [2.75, 3.05) is 26.1 Å². The highest BCUT2D eigenvalue weighted by Gasteiger charge is 2.25. The first-order valence-corrected chi connectivity index (χ1v) is 8.61. The van der Waals surface area contributed by atoms with Crippen LogP contribution in [-0.4, -0.2) is 42.5 Å². The van der Waals surface area contributed by atoms with Crippen molar-refractivity contribution < 1.29 is 19.1 Å². The first kappa shape index (κ1) is 17.2. The van der Waals surface area contributed by atoms with Gasteiger partial charge in [0, 0.05) is 30.3 Å². The summed E-state index contributed by atoms with van der Waals surface area (Å²) in [5.41, 5.74) is 1.50. The number of benzene rings is 1. The smallest absolute Gasteiger partial charge is 0.254 e. The third-order valence-electron chi connectivity index (χ3n) is 3.93. The molecule has 0 unspecified atom stereocenters. The van der Waals surface area contributed by atoms with Gasteiger partial charge < -0.3 is 19.7 Å². The zero-order valence-electron chi connectivity index (χ0n) is 14.3. The molecule has 2 amide bonds. The second-order valence-electron chi connectivity index (χ2n) is 5.62. The molecule has 3 rings (SSSR count). The molecule has 2 aromatic rings. The minimum Gasteiger partial charge on any atom is -0.493 e. The fraction of sp³-hybridized carbons (Fsp3) is 0.353. The summed E-state index contributed by atoms with van der Waals surface area (Å²) in [7, 11) is 3.10. The number of hydrogen-bond donors (Lipinski definition) is 1. The monoisotopic (exact) mass is 361 g/mol. The normalized spacial score (nSPS) is 13.2. The third-order valence-corrected chi connectivity index (χ3v) is 4.93. The van der Waals surface area contributed by atoms with Crippen LogP contribution in [0.1, 0.15) is 27.9 Å². The molecule has 1 aromatic heterocycles. The van der Waals surface area contributed by atoms with Gasteiger partial charge in [-0.15, -0.1) is 0 Å². The predicted molar refractivity (Wildman–Crippen MR) is 94.4 cm³/mol. The van der Waals surface area contributed by atoms with Gasteiger partial charge in [-0.25, -0.2) is 4.98 Å². The van der Waals surface area contributed by atoms with Crippen molar-refractivity contribution in [2.24, 2.45) is 0 Å². The Morgan fingerprint density at radius 3 is 2.68 bits per heavy atom. The van der Waals surface area contributed by atoms with E-state index in [9.17, 15) is 9.59 Å². The van der Waals surface area contributed by atoms with Crippen LogP contribution in [0.3, 0.4) is 0 Å². The standard InChI is InChI=1S/C17H19N3O4S/c1-10(21)18-17-19-12-6-7-20(9-15(12)25-17)16(22)11-4-5-13(23-2)14(8-11)24-3/h4-5,8H,6-7,9H2,1-3H3,(H,18,19,21). The Morgan fingerprint density at radius 2 is 2.00 bits per heavy atom. The van der Waals surface area contributed by atoms with E-state index in [0.29, 0.717) is 41.7 Å². The van der Waals surface area contributed by atoms with Gasteiger partial charge in [0.05, 0.1) is 26.5 Å². The van der Waals surface area contributed by atoms with Crippen LogP contribution in [0, 0.1) is 0 Å². The highest BCUT2D eigenvalue weighted by Crippen LogP contribution is 2.31. The molecule has 1 aliphatic rings. The summed E-state index contributed by atoms with van der Waals surface area (Å²) in [5.74, 6) is 0.893. The van der Waals surface area contributed by atoms with Crippen LogP contribution in [0.4, 0.5) is 5.13 Å². The van der Waals surface area contributed by atoms with Crippen molar-refractivity contribution in [3.8, 4) is 11.5 Å². The van der Waals surface area contributed by atoms with Crippen molar-refractivity contribution in [2.45, 2.75) is 19.9 Å². The van der Waals surface area contributed by atoms with Crippen LogP contribution >= 0.6 is 11.3 Å². The molecule has 2 heterocycles. The van der Waals surface area contributed by atoms with Crippen molar-refractivity contribution >= 4 is 28.3 Å². The number of nitrogens with one attached hydrogen (secondary N) is 1. The Bertz CT molecular complexity index is 818. The molecule has 0 saturated heterocycles. The summed E-state index contributed by atoms with van der Waals surface area (Å²) >= 11 is 1.41. The second kappa shape index (κ2) is 7.10. The largest absolute Gasteiger partial charge is 0.493 e. The molecule has 0 bridgehead atoms. The SMILES string of the molecule is COc1ccc(C(=O)N2CCc3nc(NC(C)=O)sc3C2)cc1OC. The van der Waals surface area contributed by atoms with Crippen LogP contribution in [0.25, 0.3) is 0 Å². The molecule has 0 radical (unpaired) electrons. The fourth-order valence-electron chi connectivity index (χ4n) is 2.72. The molecule has 1 aliphatic heterocycles. The molecule has 0 saturated carbocycles.